The lowest BCUT2D eigenvalue weighted by Crippen LogP contribution is -2.40. The minimum Gasteiger partial charge on any atom is -0.359 e. The average Bonchev–Trinajstić information content (AvgIpc) is 3.01. The zero-order valence-corrected chi connectivity index (χ0v) is 13.7. The van der Waals surface area contributed by atoms with Crippen LogP contribution in [0.15, 0.2) is 16.7 Å². The number of likely N-dealkylation sites (tertiary alicyclic amines) is 1. The van der Waals surface area contributed by atoms with E-state index in [0.717, 1.165) is 11.0 Å². The summed E-state index contributed by atoms with van der Waals surface area (Å²) in [6.07, 6.45) is 2.60. The summed E-state index contributed by atoms with van der Waals surface area (Å²) in [5.41, 5.74) is 0.186. The van der Waals surface area contributed by atoms with Crippen LogP contribution in [-0.4, -0.2) is 41.4 Å². The Balaban J connectivity index is 2.17. The molecule has 6 heteroatoms. The molecule has 20 heavy (non-hydrogen) atoms. The van der Waals surface area contributed by atoms with Gasteiger partial charge in [-0.05, 0) is 42.3 Å². The Kier molecular flexibility index (Phi) is 4.22. The zero-order valence-electron chi connectivity index (χ0n) is 12.1. The number of nitrogens with one attached hydrogen (secondary N) is 1. The predicted octanol–water partition coefficient (Wildman–Crippen LogP) is 1.87. The lowest BCUT2D eigenvalue weighted by Gasteiger charge is -2.23. The van der Waals surface area contributed by atoms with Gasteiger partial charge < -0.3 is 14.8 Å². The number of hydrogen-bond acceptors (Lipinski definition) is 2. The first kappa shape index (κ1) is 15.1. The first-order valence-corrected chi connectivity index (χ1v) is 7.57. The van der Waals surface area contributed by atoms with Gasteiger partial charge in [0.1, 0.15) is 5.69 Å². The summed E-state index contributed by atoms with van der Waals surface area (Å²) in [4.78, 5) is 26.3. The minimum atomic E-state index is -0.481. The van der Waals surface area contributed by atoms with Crippen LogP contribution in [0.4, 0.5) is 0 Å². The third-order valence-corrected chi connectivity index (χ3v) is 4.39. The van der Waals surface area contributed by atoms with Gasteiger partial charge in [-0.2, -0.15) is 0 Å². The molecular weight excluding hydrogens is 322 g/mol. The van der Waals surface area contributed by atoms with Crippen LogP contribution in [0.2, 0.25) is 0 Å². The first-order valence-electron chi connectivity index (χ1n) is 6.78. The maximum Gasteiger partial charge on any atom is 0.270 e. The molecule has 1 N–H and O–H groups in total. The molecule has 0 bridgehead atoms. The molecule has 0 saturated carbocycles. The molecule has 1 atom stereocenters. The topological polar surface area (TPSA) is 54.3 Å². The fraction of sp³-hybridized carbons (Fsp3) is 0.571. The second kappa shape index (κ2) is 5.60. The van der Waals surface area contributed by atoms with Gasteiger partial charge in [-0.3, -0.25) is 9.59 Å². The van der Waals surface area contributed by atoms with Crippen molar-refractivity contribution in [1.29, 1.82) is 0 Å². The lowest BCUT2D eigenvalue weighted by atomic mass is 9.89. The zero-order chi connectivity index (χ0) is 14.9. The lowest BCUT2D eigenvalue weighted by molar-refractivity contribution is -0.128. The number of rotatable bonds is 3. The molecule has 2 rings (SSSR count). The molecule has 0 spiro atoms. The molecule has 1 saturated heterocycles. The van der Waals surface area contributed by atoms with E-state index < -0.39 is 5.41 Å². The Hall–Kier alpha value is -1.30. The van der Waals surface area contributed by atoms with Crippen molar-refractivity contribution in [2.24, 2.45) is 5.41 Å². The van der Waals surface area contributed by atoms with Gasteiger partial charge >= 0.3 is 0 Å². The Morgan fingerprint density at radius 2 is 2.20 bits per heavy atom. The highest BCUT2D eigenvalue weighted by atomic mass is 79.9. The number of nitrogens with zero attached hydrogens (tertiary/aromatic N) is 2. The number of aryl methyl sites for hydroxylation is 1. The van der Waals surface area contributed by atoms with E-state index in [9.17, 15) is 9.59 Å². The van der Waals surface area contributed by atoms with Gasteiger partial charge in [0, 0.05) is 37.4 Å². The predicted molar refractivity (Wildman–Crippen MR) is 80.5 cm³/mol. The van der Waals surface area contributed by atoms with Gasteiger partial charge in [0.2, 0.25) is 5.91 Å². The van der Waals surface area contributed by atoms with E-state index >= 15 is 0 Å². The SMILES string of the molecule is CCn1cc(Br)cc1C(=O)N1CCC(C)(C(=O)NC)C1. The van der Waals surface area contributed by atoms with Gasteiger partial charge in [0.05, 0.1) is 5.41 Å². The highest BCUT2D eigenvalue weighted by molar-refractivity contribution is 9.10. The van der Waals surface area contributed by atoms with Crippen molar-refractivity contribution >= 4 is 27.7 Å². The van der Waals surface area contributed by atoms with Crippen molar-refractivity contribution in [3.8, 4) is 0 Å². The maximum absolute atomic E-state index is 12.6. The van der Waals surface area contributed by atoms with Crippen molar-refractivity contribution in [2.45, 2.75) is 26.8 Å². The van der Waals surface area contributed by atoms with Crippen LogP contribution in [0.25, 0.3) is 0 Å². The molecule has 1 fully saturated rings. The van der Waals surface area contributed by atoms with Crippen LogP contribution in [0, 0.1) is 5.41 Å². The molecular formula is C14H20BrN3O2. The molecule has 1 aromatic heterocycles. The van der Waals surface area contributed by atoms with E-state index in [1.165, 1.54) is 0 Å². The standard InChI is InChI=1S/C14H20BrN3O2/c1-4-17-8-10(15)7-11(17)12(19)18-6-5-14(2,9-18)13(20)16-3/h7-8H,4-6,9H2,1-3H3,(H,16,20). The van der Waals surface area contributed by atoms with Crippen molar-refractivity contribution < 1.29 is 9.59 Å². The summed E-state index contributed by atoms with van der Waals surface area (Å²) < 4.78 is 2.82. The molecule has 0 radical (unpaired) electrons. The molecule has 0 aromatic carbocycles. The van der Waals surface area contributed by atoms with Gasteiger partial charge in [-0.15, -0.1) is 0 Å². The Labute approximate surface area is 127 Å². The number of carbonyl (C=O) groups excluding carboxylic acids is 2. The highest BCUT2D eigenvalue weighted by Gasteiger charge is 2.42. The van der Waals surface area contributed by atoms with Crippen molar-refractivity contribution in [3.05, 3.63) is 22.4 Å². The summed E-state index contributed by atoms with van der Waals surface area (Å²) in [7, 11) is 1.64. The molecule has 0 aliphatic carbocycles. The fourth-order valence-electron chi connectivity index (χ4n) is 2.70. The van der Waals surface area contributed by atoms with E-state index in [1.807, 2.05) is 30.7 Å². The van der Waals surface area contributed by atoms with Gasteiger partial charge in [0.15, 0.2) is 0 Å². The maximum atomic E-state index is 12.6. The van der Waals surface area contributed by atoms with E-state index in [-0.39, 0.29) is 11.8 Å². The Morgan fingerprint density at radius 3 is 2.80 bits per heavy atom. The molecule has 2 amide bonds. The number of halogens is 1. The molecule has 110 valence electrons. The minimum absolute atomic E-state index is 0.000135. The van der Waals surface area contributed by atoms with Crippen molar-refractivity contribution in [2.75, 3.05) is 20.1 Å². The monoisotopic (exact) mass is 341 g/mol. The summed E-state index contributed by atoms with van der Waals surface area (Å²) in [5.74, 6) is -0.00923. The van der Waals surface area contributed by atoms with Crippen molar-refractivity contribution in [3.63, 3.8) is 0 Å². The van der Waals surface area contributed by atoms with Crippen LogP contribution in [0.5, 0.6) is 0 Å². The van der Waals surface area contributed by atoms with Crippen LogP contribution < -0.4 is 5.32 Å². The number of hydrogen-bond donors (Lipinski definition) is 1. The van der Waals surface area contributed by atoms with Crippen LogP contribution >= 0.6 is 15.9 Å². The molecule has 5 nitrogen and oxygen atoms in total. The molecule has 2 heterocycles. The molecule has 1 aromatic rings. The number of carbonyl (C=O) groups is 2. The van der Waals surface area contributed by atoms with E-state index in [2.05, 4.69) is 21.2 Å². The third-order valence-electron chi connectivity index (χ3n) is 3.96. The van der Waals surface area contributed by atoms with Gasteiger partial charge in [-0.1, -0.05) is 0 Å². The fourth-order valence-corrected chi connectivity index (χ4v) is 3.16. The third kappa shape index (κ3) is 2.61. The summed E-state index contributed by atoms with van der Waals surface area (Å²) in [6, 6.07) is 1.83. The normalized spacial score (nSPS) is 22.1. The van der Waals surface area contributed by atoms with Gasteiger partial charge in [0.25, 0.3) is 5.91 Å². The summed E-state index contributed by atoms with van der Waals surface area (Å²) in [6.45, 7) is 5.75. The molecule has 1 aliphatic heterocycles. The average molecular weight is 342 g/mol. The second-order valence-corrected chi connectivity index (χ2v) is 6.36. The van der Waals surface area contributed by atoms with Gasteiger partial charge in [-0.25, -0.2) is 0 Å². The van der Waals surface area contributed by atoms with Crippen molar-refractivity contribution in [1.82, 2.24) is 14.8 Å². The van der Waals surface area contributed by atoms with Crippen LogP contribution in [0.1, 0.15) is 30.8 Å². The summed E-state index contributed by atoms with van der Waals surface area (Å²) >= 11 is 3.40. The Bertz CT molecular complexity index is 541. The molecule has 1 unspecified atom stereocenters. The molecule has 1 aliphatic rings. The highest BCUT2D eigenvalue weighted by Crippen LogP contribution is 2.31. The number of aromatic nitrogens is 1. The van der Waals surface area contributed by atoms with E-state index in [1.54, 1.807) is 11.9 Å². The number of amides is 2. The van der Waals surface area contributed by atoms with Crippen LogP contribution in [0.3, 0.4) is 0 Å². The summed E-state index contributed by atoms with van der Waals surface area (Å²) in [5, 5.41) is 2.68. The quantitative estimate of drug-likeness (QED) is 0.912. The largest absolute Gasteiger partial charge is 0.359 e. The smallest absolute Gasteiger partial charge is 0.270 e. The first-order chi connectivity index (χ1) is 9.41. The Morgan fingerprint density at radius 1 is 1.50 bits per heavy atom. The van der Waals surface area contributed by atoms with Crippen LogP contribution in [-0.2, 0) is 11.3 Å². The second-order valence-electron chi connectivity index (χ2n) is 5.45. The van der Waals surface area contributed by atoms with E-state index in [0.29, 0.717) is 25.2 Å². The van der Waals surface area contributed by atoms with E-state index in [4.69, 9.17) is 0 Å².